The molecule has 1 N–H and O–H groups in total. The fourth-order valence-electron chi connectivity index (χ4n) is 3.15. The highest BCUT2D eigenvalue weighted by Crippen LogP contribution is 2.23. The first kappa shape index (κ1) is 24.9. The number of benzene rings is 1. The Labute approximate surface area is 199 Å². The number of imidazole rings is 1. The van der Waals surface area contributed by atoms with Gasteiger partial charge in [-0.2, -0.15) is 0 Å². The molecule has 0 radical (unpaired) electrons. The largest absolute Gasteiger partial charge is 0.459 e. The van der Waals surface area contributed by atoms with Crippen molar-refractivity contribution in [2.45, 2.75) is 66.7 Å². The van der Waals surface area contributed by atoms with Gasteiger partial charge in [0.1, 0.15) is 18.8 Å². The monoisotopic (exact) mass is 465 g/mol. The molecule has 3 rings (SSSR count). The van der Waals surface area contributed by atoms with Crippen LogP contribution in [-0.4, -0.2) is 47.4 Å². The molecule has 180 valence electrons. The van der Waals surface area contributed by atoms with Crippen molar-refractivity contribution in [3.63, 3.8) is 0 Å². The molecule has 0 saturated heterocycles. The minimum Gasteiger partial charge on any atom is -0.459 e. The van der Waals surface area contributed by atoms with Crippen molar-refractivity contribution in [3.8, 4) is 22.9 Å². The van der Waals surface area contributed by atoms with Crippen LogP contribution in [0.3, 0.4) is 0 Å². The number of aromatic nitrogens is 6. The molecule has 0 aliphatic rings. The molecule has 0 spiro atoms. The summed E-state index contributed by atoms with van der Waals surface area (Å²) in [4.78, 5) is 29.2. The minimum atomic E-state index is -0.385. The van der Waals surface area contributed by atoms with E-state index < -0.39 is 0 Å². The lowest BCUT2D eigenvalue weighted by molar-refractivity contribution is -0.147. The van der Waals surface area contributed by atoms with E-state index in [4.69, 9.17) is 4.74 Å². The predicted molar refractivity (Wildman–Crippen MR) is 126 cm³/mol. The highest BCUT2D eigenvalue weighted by Gasteiger charge is 2.23. The van der Waals surface area contributed by atoms with E-state index in [0.717, 1.165) is 5.56 Å². The fraction of sp³-hybridized carbons (Fsp3) is 0.458. The first-order valence-corrected chi connectivity index (χ1v) is 11.1. The second kappa shape index (κ2) is 10.1. The molecule has 0 unspecified atom stereocenters. The Morgan fingerprint density at radius 2 is 1.56 bits per heavy atom. The molecule has 3 aromatic rings. The van der Waals surface area contributed by atoms with Crippen LogP contribution in [0.25, 0.3) is 22.9 Å². The highest BCUT2D eigenvalue weighted by molar-refractivity contribution is 5.77. The van der Waals surface area contributed by atoms with Crippen LogP contribution in [0.1, 0.15) is 53.7 Å². The topological polar surface area (TPSA) is 125 Å². The molecule has 1 aromatic carbocycles. The summed E-state index contributed by atoms with van der Waals surface area (Å²) in [5.74, 6) is 0.0141. The zero-order chi connectivity index (χ0) is 24.9. The van der Waals surface area contributed by atoms with Crippen LogP contribution >= 0.6 is 0 Å². The van der Waals surface area contributed by atoms with Crippen molar-refractivity contribution in [1.82, 2.24) is 35.3 Å². The van der Waals surface area contributed by atoms with Gasteiger partial charge in [-0.1, -0.05) is 51.1 Å². The van der Waals surface area contributed by atoms with Crippen LogP contribution in [-0.2, 0) is 27.5 Å². The number of esters is 1. The van der Waals surface area contributed by atoms with Gasteiger partial charge in [-0.25, -0.2) is 4.98 Å². The summed E-state index contributed by atoms with van der Waals surface area (Å²) in [5, 5.41) is 19.6. The number of nitrogens with one attached hydrogen (secondary N) is 1. The number of carbonyl (C=O) groups excluding carboxylic acids is 2. The highest BCUT2D eigenvalue weighted by atomic mass is 16.5. The second-order valence-corrected chi connectivity index (χ2v) is 10.3. The van der Waals surface area contributed by atoms with Crippen molar-refractivity contribution in [3.05, 3.63) is 42.4 Å². The Kier molecular flexibility index (Phi) is 7.38. The van der Waals surface area contributed by atoms with Gasteiger partial charge in [0, 0.05) is 11.1 Å². The van der Waals surface area contributed by atoms with Gasteiger partial charge in [0.05, 0.1) is 18.4 Å². The van der Waals surface area contributed by atoms with Crippen molar-refractivity contribution >= 4 is 11.9 Å². The zero-order valence-corrected chi connectivity index (χ0v) is 20.5. The van der Waals surface area contributed by atoms with E-state index in [9.17, 15) is 9.59 Å². The van der Waals surface area contributed by atoms with Crippen molar-refractivity contribution < 1.29 is 14.3 Å². The van der Waals surface area contributed by atoms with Crippen LogP contribution in [0.2, 0.25) is 0 Å². The number of rotatable bonds is 7. The number of carbonyl (C=O) groups is 2. The van der Waals surface area contributed by atoms with Crippen LogP contribution in [0, 0.1) is 5.41 Å². The van der Waals surface area contributed by atoms with Gasteiger partial charge in [-0.05, 0) is 26.2 Å². The Balaban J connectivity index is 1.87. The Hall–Kier alpha value is -3.69. The summed E-state index contributed by atoms with van der Waals surface area (Å²) in [5.41, 5.74) is 1.03. The molecule has 0 bridgehead atoms. The van der Waals surface area contributed by atoms with Crippen molar-refractivity contribution in [2.24, 2.45) is 5.41 Å². The maximum absolute atomic E-state index is 12.5. The average molecular weight is 466 g/mol. The van der Waals surface area contributed by atoms with Gasteiger partial charge in [0.25, 0.3) is 0 Å². The van der Waals surface area contributed by atoms with E-state index >= 15 is 0 Å². The van der Waals surface area contributed by atoms with Crippen molar-refractivity contribution in [1.29, 1.82) is 0 Å². The molecule has 0 saturated carbocycles. The molecule has 0 aliphatic carbocycles. The first-order chi connectivity index (χ1) is 15.9. The molecular formula is C24H31N7O3. The molecule has 0 aliphatic heterocycles. The van der Waals surface area contributed by atoms with Gasteiger partial charge in [0.15, 0.2) is 0 Å². The normalized spacial score (nSPS) is 11.8. The lowest BCUT2D eigenvalue weighted by Gasteiger charge is -2.21. The Morgan fingerprint density at radius 1 is 0.941 bits per heavy atom. The Bertz CT molecular complexity index is 1130. The maximum Gasteiger partial charge on any atom is 0.306 e. The van der Waals surface area contributed by atoms with Crippen molar-refractivity contribution in [2.75, 3.05) is 0 Å². The third-order valence-electron chi connectivity index (χ3n) is 4.54. The van der Waals surface area contributed by atoms with Gasteiger partial charge < -0.3 is 14.6 Å². The van der Waals surface area contributed by atoms with Gasteiger partial charge >= 0.3 is 5.97 Å². The quantitative estimate of drug-likeness (QED) is 0.528. The fourth-order valence-corrected chi connectivity index (χ4v) is 3.15. The zero-order valence-electron chi connectivity index (χ0n) is 20.5. The van der Waals surface area contributed by atoms with Gasteiger partial charge in [-0.3, -0.25) is 9.59 Å². The molecule has 0 atom stereocenters. The SMILES string of the molecule is CC(C)(C)CC(=O)OCc1c(-c2nnc(-c3ccccc3)nn2)ncn1CC(=O)NC(C)(C)C. The maximum atomic E-state index is 12.5. The summed E-state index contributed by atoms with van der Waals surface area (Å²) in [6.45, 7) is 11.5. The number of hydrogen-bond acceptors (Lipinski definition) is 8. The molecule has 2 aromatic heterocycles. The van der Waals surface area contributed by atoms with E-state index in [2.05, 4.69) is 30.7 Å². The third kappa shape index (κ3) is 7.16. The smallest absolute Gasteiger partial charge is 0.306 e. The Morgan fingerprint density at radius 3 is 2.15 bits per heavy atom. The minimum absolute atomic E-state index is 0.000614. The lowest BCUT2D eigenvalue weighted by Crippen LogP contribution is -2.42. The van der Waals surface area contributed by atoms with Crippen LogP contribution < -0.4 is 5.32 Å². The molecule has 10 nitrogen and oxygen atoms in total. The first-order valence-electron chi connectivity index (χ1n) is 11.1. The summed E-state index contributed by atoms with van der Waals surface area (Å²) < 4.78 is 7.13. The van der Waals surface area contributed by atoms with E-state index in [1.54, 1.807) is 4.57 Å². The number of nitrogens with zero attached hydrogens (tertiary/aromatic N) is 6. The molecule has 0 fully saturated rings. The van der Waals surface area contributed by atoms with Crippen LogP contribution in [0.4, 0.5) is 0 Å². The summed E-state index contributed by atoms with van der Waals surface area (Å²) >= 11 is 0. The number of amides is 1. The standard InChI is InChI=1S/C24H31N7O3/c1-23(2,3)12-19(33)34-14-17-20(25-15-31(17)13-18(32)26-24(4,5)6)22-29-27-21(28-30-22)16-10-8-7-9-11-16/h7-11,15H,12-14H2,1-6H3,(H,26,32). The third-order valence-corrected chi connectivity index (χ3v) is 4.54. The molecule has 1 amide bonds. The average Bonchev–Trinajstić information content (AvgIpc) is 3.12. The summed E-state index contributed by atoms with van der Waals surface area (Å²) in [6, 6.07) is 9.37. The summed E-state index contributed by atoms with van der Waals surface area (Å²) in [6.07, 6.45) is 1.76. The van der Waals surface area contributed by atoms with E-state index in [1.165, 1.54) is 6.33 Å². The number of hydrogen-bond donors (Lipinski definition) is 1. The molecule has 10 heteroatoms. The second-order valence-electron chi connectivity index (χ2n) is 10.3. The van der Waals surface area contributed by atoms with E-state index in [0.29, 0.717) is 17.2 Å². The lowest BCUT2D eigenvalue weighted by atomic mass is 9.92. The molecule has 2 heterocycles. The van der Waals surface area contributed by atoms with Gasteiger partial charge in [0.2, 0.25) is 17.6 Å². The van der Waals surface area contributed by atoms with Crippen LogP contribution in [0.5, 0.6) is 0 Å². The predicted octanol–water partition coefficient (Wildman–Crippen LogP) is 3.19. The van der Waals surface area contributed by atoms with Gasteiger partial charge in [-0.15, -0.1) is 20.4 Å². The van der Waals surface area contributed by atoms with E-state index in [-0.39, 0.29) is 48.2 Å². The van der Waals surface area contributed by atoms with E-state index in [1.807, 2.05) is 71.9 Å². The summed E-state index contributed by atoms with van der Waals surface area (Å²) in [7, 11) is 0. The molecule has 34 heavy (non-hydrogen) atoms. The number of ether oxygens (including phenoxy) is 1. The molecular weight excluding hydrogens is 434 g/mol. The van der Waals surface area contributed by atoms with Crippen LogP contribution in [0.15, 0.2) is 36.7 Å².